The molecule has 0 spiro atoms. The molecule has 38 heteroatoms. The number of benzene rings is 2. The fourth-order valence-electron chi connectivity index (χ4n) is 10.8. The number of esters is 2. The second-order valence-corrected chi connectivity index (χ2v) is 30.3. The summed E-state index contributed by atoms with van der Waals surface area (Å²) in [5.74, 6) is -4.41. The Morgan fingerprint density at radius 1 is 0.381 bits per heavy atom. The van der Waals surface area contributed by atoms with Crippen LogP contribution < -0.4 is 52.3 Å². The molecule has 0 saturated carbocycles. The van der Waals surface area contributed by atoms with Gasteiger partial charge in [-0.15, -0.1) is 0 Å². The fraction of sp³-hybridized carbons (Fsp3) is 0.575. The third-order valence-electron chi connectivity index (χ3n) is 16.5. The molecule has 0 aliphatic heterocycles. The molecule has 34 nitrogen and oxygen atoms in total. The van der Waals surface area contributed by atoms with Crippen LogP contribution in [-0.4, -0.2) is 237 Å². The van der Waals surface area contributed by atoms with Crippen molar-refractivity contribution in [2.24, 2.45) is 0 Å². The quantitative estimate of drug-likeness (QED) is 0.0117. The zero-order valence-electron chi connectivity index (χ0n) is 68.3. The van der Waals surface area contributed by atoms with Crippen LogP contribution in [0.3, 0.4) is 0 Å². The predicted molar refractivity (Wildman–Crippen MR) is 440 cm³/mol. The van der Waals surface area contributed by atoms with E-state index in [1.165, 1.54) is 60.4 Å². The van der Waals surface area contributed by atoms with Gasteiger partial charge in [-0.25, -0.2) is 19.6 Å². The SMILES string of the molecule is COC(=O)CC(NC(=O)[C@H](CCC(=O)NCCOCCOCCOCCNC(=O)CCC(=O)NCCOCCOCCOCCNC(=O)CC[C@H](NC(=O)CCCCN(C(=O)OC(C)(C)C)c1ccccn1)C(=O)NC(CC(=O)OC)c1cc(Cl)cc(Cl)c1)NC(=O)CCCCN(C(=O)OC(C)(C)C)c1ccccn1)c1cc(Cl)cc(Cl)c1. The lowest BCUT2D eigenvalue weighted by Gasteiger charge is -2.27. The number of methoxy groups -OCH3 is 2. The van der Waals surface area contributed by atoms with Crippen LogP contribution in [0.15, 0.2) is 85.2 Å². The first-order valence-electron chi connectivity index (χ1n) is 38.9. The van der Waals surface area contributed by atoms with Gasteiger partial charge in [0, 0.05) is 110 Å². The average Bonchev–Trinajstić information content (AvgIpc) is 0.844. The number of ether oxygens (including phenoxy) is 10. The Morgan fingerprint density at radius 2 is 0.686 bits per heavy atom. The monoisotopic (exact) mass is 1730 g/mol. The Bertz CT molecular complexity index is 3490. The van der Waals surface area contributed by atoms with Gasteiger partial charge in [0.25, 0.3) is 0 Å². The summed E-state index contributed by atoms with van der Waals surface area (Å²) in [5.41, 5.74) is -0.729. The first kappa shape index (κ1) is 101. The van der Waals surface area contributed by atoms with E-state index in [9.17, 15) is 57.5 Å². The lowest BCUT2D eigenvalue weighted by atomic mass is 10.0. The summed E-state index contributed by atoms with van der Waals surface area (Å²) in [6, 6.07) is 15.0. The van der Waals surface area contributed by atoms with Crippen LogP contribution in [0, 0.1) is 0 Å². The molecular formula is C80H114Cl4N12O22. The highest BCUT2D eigenvalue weighted by molar-refractivity contribution is 6.35. The number of nitrogens with zero attached hydrogens (tertiary/aromatic N) is 4. The third kappa shape index (κ3) is 45.7. The second-order valence-electron chi connectivity index (χ2n) is 28.5. The summed E-state index contributed by atoms with van der Waals surface area (Å²) >= 11 is 25.1. The zero-order valence-corrected chi connectivity index (χ0v) is 71.3. The van der Waals surface area contributed by atoms with E-state index in [4.69, 9.17) is 93.8 Å². The minimum absolute atomic E-state index is 0.0338. The largest absolute Gasteiger partial charge is 0.469 e. The maximum atomic E-state index is 14.0. The van der Waals surface area contributed by atoms with Crippen LogP contribution in [0.25, 0.3) is 0 Å². The summed E-state index contributed by atoms with van der Waals surface area (Å²) < 4.78 is 54.2. The zero-order chi connectivity index (χ0) is 86.7. The average molecular weight is 1740 g/mol. The van der Waals surface area contributed by atoms with E-state index in [-0.39, 0.29) is 215 Å². The van der Waals surface area contributed by atoms with Gasteiger partial charge in [0.1, 0.15) is 34.9 Å². The molecule has 0 saturated heterocycles. The number of rotatable bonds is 57. The Morgan fingerprint density at radius 3 is 0.975 bits per heavy atom. The minimum atomic E-state index is -1.22. The van der Waals surface area contributed by atoms with Crippen LogP contribution in [0.5, 0.6) is 0 Å². The molecule has 0 bridgehead atoms. The summed E-state index contributed by atoms with van der Waals surface area (Å²) in [5, 5.41) is 22.9. The van der Waals surface area contributed by atoms with Crippen LogP contribution in [-0.2, 0) is 95.3 Å². The minimum Gasteiger partial charge on any atom is -0.469 e. The van der Waals surface area contributed by atoms with Gasteiger partial charge in [0.2, 0.25) is 47.3 Å². The van der Waals surface area contributed by atoms with E-state index in [0.29, 0.717) is 48.4 Å². The highest BCUT2D eigenvalue weighted by Crippen LogP contribution is 2.29. The number of nitrogens with one attached hydrogen (secondary N) is 8. The summed E-state index contributed by atoms with van der Waals surface area (Å²) in [4.78, 5) is 168. The number of amides is 10. The number of hydrogen-bond donors (Lipinski definition) is 8. The first-order chi connectivity index (χ1) is 56.3. The van der Waals surface area contributed by atoms with Gasteiger partial charge in [0.15, 0.2) is 0 Å². The molecule has 2 aromatic heterocycles. The Kier molecular flexibility index (Phi) is 49.0. The highest BCUT2D eigenvalue weighted by atomic mass is 35.5. The van der Waals surface area contributed by atoms with Crippen molar-refractivity contribution in [1.29, 1.82) is 0 Å². The molecule has 0 aliphatic carbocycles. The van der Waals surface area contributed by atoms with E-state index in [1.54, 1.807) is 90.3 Å². The molecule has 8 N–H and O–H groups in total. The van der Waals surface area contributed by atoms with Gasteiger partial charge in [-0.3, -0.25) is 57.7 Å². The third-order valence-corrected chi connectivity index (χ3v) is 17.4. The number of halogens is 4. The number of anilines is 2. The number of hydrogen-bond acceptors (Lipinski definition) is 24. The fourth-order valence-corrected chi connectivity index (χ4v) is 11.9. The maximum absolute atomic E-state index is 14.0. The summed E-state index contributed by atoms with van der Waals surface area (Å²) in [6.45, 7) is 14.1. The van der Waals surface area contributed by atoms with Gasteiger partial charge in [-0.1, -0.05) is 58.5 Å². The van der Waals surface area contributed by atoms with Crippen molar-refractivity contribution < 1.29 is 105 Å². The second kappa shape index (κ2) is 57.1. The van der Waals surface area contributed by atoms with Crippen molar-refractivity contribution in [3.63, 3.8) is 0 Å². The smallest absolute Gasteiger partial charge is 0.416 e. The molecule has 2 unspecified atom stereocenters. The molecule has 0 fully saturated rings. The van der Waals surface area contributed by atoms with Crippen LogP contribution in [0.2, 0.25) is 20.1 Å². The lowest BCUT2D eigenvalue weighted by molar-refractivity contribution is -0.142. The number of unbranched alkanes of at least 4 members (excludes halogenated alkanes) is 2. The molecule has 2 aromatic carbocycles. The molecule has 654 valence electrons. The molecule has 2 heterocycles. The Hall–Kier alpha value is -9.10. The molecule has 4 rings (SSSR count). The van der Waals surface area contributed by atoms with Crippen molar-refractivity contribution >= 4 is 129 Å². The Balaban J connectivity index is 1.03. The first-order valence-corrected chi connectivity index (χ1v) is 40.4. The standard InChI is InChI=1S/C80H114Cl4N12O22/c1-79(2,3)117-77(107)95(65-17-9-13-27-85-65)33-15-11-19-71(101)91-61(75(105)93-63(53-73(103)109-7)55-47-57(81)51-58(82)48-55)21-23-67(97)87-29-35-111-39-43-115-45-41-113-37-31-89-69(99)25-26-70(100)90-32-38-114-42-46-116-44-40-112-36-30-88-68(98)24-22-62(76(106)94-64(54-74(104)110-8)56-49-59(83)52-60(84)50-56)92-72(102)20-12-16-34-96(66-18-10-14-28-86-66)78(108)118-80(4,5)6/h9-10,13-14,17-18,27-28,47-52,61-64H,11-12,15-16,19-26,29-46,53-54H2,1-8H3,(H,87,97)(H,88,98)(H,89,99)(H,90,100)(H,91,101)(H,92,102)(H,93,105)(H,94,106)/t61-,62-,63?,64?/m0/s1. The topological polar surface area (TPSA) is 426 Å². The predicted octanol–water partition coefficient (Wildman–Crippen LogP) is 8.33. The van der Waals surface area contributed by atoms with Crippen LogP contribution >= 0.6 is 46.4 Å². The van der Waals surface area contributed by atoms with Gasteiger partial charge in [0.05, 0.1) is 118 Å². The number of pyridine rings is 2. The molecule has 4 atom stereocenters. The van der Waals surface area contributed by atoms with Crippen molar-refractivity contribution in [3.05, 3.63) is 116 Å². The molecule has 0 aliphatic rings. The number of aromatic nitrogens is 2. The van der Waals surface area contributed by atoms with Crippen molar-refractivity contribution in [1.82, 2.24) is 52.5 Å². The number of carbonyl (C=O) groups is 12. The van der Waals surface area contributed by atoms with Gasteiger partial charge in [-0.2, -0.15) is 0 Å². The van der Waals surface area contributed by atoms with Crippen molar-refractivity contribution in [3.8, 4) is 0 Å². The van der Waals surface area contributed by atoms with E-state index < -0.39 is 94.9 Å². The van der Waals surface area contributed by atoms with Gasteiger partial charge < -0.3 is 89.9 Å². The molecule has 4 aromatic rings. The number of carbonyl (C=O) groups excluding carboxylic acids is 12. The van der Waals surface area contributed by atoms with Crippen molar-refractivity contribution in [2.75, 3.05) is 143 Å². The van der Waals surface area contributed by atoms with Gasteiger partial charge >= 0.3 is 24.1 Å². The van der Waals surface area contributed by atoms with E-state index in [2.05, 4.69) is 52.5 Å². The highest BCUT2D eigenvalue weighted by Gasteiger charge is 2.31. The molecule has 10 amide bonds. The molecule has 0 radical (unpaired) electrons. The normalized spacial score (nSPS) is 12.3. The van der Waals surface area contributed by atoms with Crippen LogP contribution in [0.4, 0.5) is 21.2 Å². The molecule has 118 heavy (non-hydrogen) atoms. The molecular weight excluding hydrogens is 1620 g/mol. The lowest BCUT2D eigenvalue weighted by Crippen LogP contribution is -2.48. The van der Waals surface area contributed by atoms with Crippen molar-refractivity contribution in [2.45, 2.75) is 167 Å². The van der Waals surface area contributed by atoms with Gasteiger partial charge in [-0.05, 0) is 152 Å². The summed E-state index contributed by atoms with van der Waals surface area (Å²) in [6.07, 6.45) is 1.92. The van der Waals surface area contributed by atoms with Crippen LogP contribution in [0.1, 0.15) is 155 Å². The van der Waals surface area contributed by atoms with E-state index >= 15 is 0 Å². The summed E-state index contributed by atoms with van der Waals surface area (Å²) in [7, 11) is 2.40. The maximum Gasteiger partial charge on any atom is 0.416 e. The van der Waals surface area contributed by atoms with E-state index in [0.717, 1.165) is 0 Å². The Labute approximate surface area is 708 Å². The van der Waals surface area contributed by atoms with E-state index in [1.807, 2.05) is 0 Å².